The van der Waals surface area contributed by atoms with Crippen molar-refractivity contribution < 1.29 is 18.0 Å². The highest BCUT2D eigenvalue weighted by Gasteiger charge is 2.37. The van der Waals surface area contributed by atoms with E-state index in [0.29, 0.717) is 33.0 Å². The average Bonchev–Trinajstić information content (AvgIpc) is 3.38. The Balaban J connectivity index is 1.51. The van der Waals surface area contributed by atoms with Gasteiger partial charge in [0, 0.05) is 22.5 Å². The van der Waals surface area contributed by atoms with Gasteiger partial charge in [-0.2, -0.15) is 18.2 Å². The van der Waals surface area contributed by atoms with E-state index in [4.69, 9.17) is 0 Å². The first kappa shape index (κ1) is 22.8. The molecule has 172 valence electrons. The summed E-state index contributed by atoms with van der Waals surface area (Å²) in [6.45, 7) is 7.41. The van der Waals surface area contributed by atoms with Gasteiger partial charge in [-0.05, 0) is 25.3 Å². The van der Waals surface area contributed by atoms with E-state index in [0.717, 1.165) is 10.1 Å². The number of fused-ring (bicyclic) bond motifs is 1. The van der Waals surface area contributed by atoms with Gasteiger partial charge in [0.25, 0.3) is 11.6 Å². The number of carbonyl (C=O) groups is 1. The minimum Gasteiger partial charge on any atom is -0.300 e. The lowest BCUT2D eigenvalue weighted by molar-refractivity contribution is -0.144. The Morgan fingerprint density at radius 3 is 2.45 bits per heavy atom. The molecule has 0 bridgehead atoms. The molecule has 1 aromatic carbocycles. The highest BCUT2D eigenvalue weighted by atomic mass is 32.1. The summed E-state index contributed by atoms with van der Waals surface area (Å²) >= 11 is 1.23. The lowest BCUT2D eigenvalue weighted by Crippen LogP contribution is -2.17. The van der Waals surface area contributed by atoms with Crippen LogP contribution in [0.15, 0.2) is 24.3 Å². The number of nitrogens with zero attached hydrogens (tertiary/aromatic N) is 6. The molecule has 0 spiro atoms. The summed E-state index contributed by atoms with van der Waals surface area (Å²) < 4.78 is 39.8. The fourth-order valence-electron chi connectivity index (χ4n) is 3.31. The first-order chi connectivity index (χ1) is 15.5. The maximum atomic E-state index is 12.9. The van der Waals surface area contributed by atoms with Crippen LogP contribution in [0.2, 0.25) is 0 Å². The third-order valence-corrected chi connectivity index (χ3v) is 6.02. The standard InChI is InChI=1S/C21H20F3N7OS/c1-10(2)13-5-7-14(8-6-13)17-28-29-20(33-17)26-16(32)9-15-11(3)25-19-27-18(21(22,23)24)30-31(19)12(15)4/h5-8,10H,9H2,1-4H3,(H,26,29,32). The lowest BCUT2D eigenvalue weighted by Gasteiger charge is -2.09. The zero-order chi connectivity index (χ0) is 23.9. The molecule has 4 rings (SSSR count). The fraction of sp³-hybridized carbons (Fsp3) is 0.333. The van der Waals surface area contributed by atoms with Crippen LogP contribution in [0.5, 0.6) is 0 Å². The second-order valence-electron chi connectivity index (χ2n) is 7.82. The molecule has 33 heavy (non-hydrogen) atoms. The topological polar surface area (TPSA) is 98.0 Å². The van der Waals surface area contributed by atoms with Gasteiger partial charge >= 0.3 is 6.18 Å². The second kappa shape index (κ2) is 8.50. The molecule has 1 amide bonds. The largest absolute Gasteiger partial charge is 0.453 e. The van der Waals surface area contributed by atoms with Crippen LogP contribution in [-0.4, -0.2) is 35.7 Å². The number of hydrogen-bond donors (Lipinski definition) is 1. The van der Waals surface area contributed by atoms with E-state index < -0.39 is 17.9 Å². The van der Waals surface area contributed by atoms with Crippen LogP contribution in [0.4, 0.5) is 18.3 Å². The molecule has 3 aromatic heterocycles. The molecule has 8 nitrogen and oxygen atoms in total. The second-order valence-corrected chi connectivity index (χ2v) is 8.80. The number of rotatable bonds is 5. The summed E-state index contributed by atoms with van der Waals surface area (Å²) in [7, 11) is 0. The van der Waals surface area contributed by atoms with Crippen LogP contribution >= 0.6 is 11.3 Å². The van der Waals surface area contributed by atoms with Crippen molar-refractivity contribution in [2.24, 2.45) is 0 Å². The maximum absolute atomic E-state index is 12.9. The molecule has 0 aliphatic heterocycles. The van der Waals surface area contributed by atoms with Gasteiger partial charge in [0.1, 0.15) is 5.01 Å². The lowest BCUT2D eigenvalue weighted by atomic mass is 10.0. The highest BCUT2D eigenvalue weighted by Crippen LogP contribution is 2.29. The Labute approximate surface area is 190 Å². The van der Waals surface area contributed by atoms with Gasteiger partial charge in [0.05, 0.1) is 6.42 Å². The van der Waals surface area contributed by atoms with Crippen LogP contribution in [0.3, 0.4) is 0 Å². The quantitative estimate of drug-likeness (QED) is 0.454. The van der Waals surface area contributed by atoms with Gasteiger partial charge in [-0.15, -0.1) is 15.3 Å². The van der Waals surface area contributed by atoms with Gasteiger partial charge in [0.15, 0.2) is 0 Å². The molecule has 3 heterocycles. The molecule has 0 aliphatic rings. The van der Waals surface area contributed by atoms with Gasteiger partial charge in [-0.1, -0.05) is 49.4 Å². The summed E-state index contributed by atoms with van der Waals surface area (Å²) in [5.74, 6) is -1.42. The van der Waals surface area contributed by atoms with E-state index >= 15 is 0 Å². The van der Waals surface area contributed by atoms with Crippen molar-refractivity contribution in [1.29, 1.82) is 0 Å². The molecule has 1 N–H and O–H groups in total. The van der Waals surface area contributed by atoms with Crippen LogP contribution in [0.1, 0.15) is 48.1 Å². The van der Waals surface area contributed by atoms with E-state index in [1.54, 1.807) is 13.8 Å². The van der Waals surface area contributed by atoms with Gasteiger partial charge in [0.2, 0.25) is 11.0 Å². The number of aryl methyl sites for hydroxylation is 2. The fourth-order valence-corrected chi connectivity index (χ4v) is 4.07. The highest BCUT2D eigenvalue weighted by molar-refractivity contribution is 7.18. The Bertz CT molecular complexity index is 1330. The molecule has 0 atom stereocenters. The Hall–Kier alpha value is -3.41. The number of alkyl halides is 3. The normalized spacial score (nSPS) is 12.0. The van der Waals surface area contributed by atoms with Crippen LogP contribution in [0.25, 0.3) is 16.3 Å². The molecule has 0 saturated heterocycles. The number of carbonyl (C=O) groups excluding carboxylic acids is 1. The van der Waals surface area contributed by atoms with Gasteiger partial charge in [-0.3, -0.25) is 4.79 Å². The first-order valence-corrected chi connectivity index (χ1v) is 10.9. The number of hydrogen-bond acceptors (Lipinski definition) is 7. The molecular formula is C21H20F3N7OS. The predicted molar refractivity (Wildman–Crippen MR) is 117 cm³/mol. The number of aromatic nitrogens is 6. The van der Waals surface area contributed by atoms with Crippen LogP contribution < -0.4 is 5.32 Å². The summed E-state index contributed by atoms with van der Waals surface area (Å²) in [6, 6.07) is 7.98. The molecule has 0 saturated carbocycles. The van der Waals surface area contributed by atoms with E-state index in [1.165, 1.54) is 16.9 Å². The van der Waals surface area contributed by atoms with Gasteiger partial charge < -0.3 is 5.32 Å². The SMILES string of the molecule is Cc1nc2nc(C(F)(F)F)nn2c(C)c1CC(=O)Nc1nnc(-c2ccc(C(C)C)cc2)s1. The van der Waals surface area contributed by atoms with E-state index in [1.807, 2.05) is 24.3 Å². The van der Waals surface area contributed by atoms with E-state index in [2.05, 4.69) is 44.4 Å². The van der Waals surface area contributed by atoms with Crippen molar-refractivity contribution in [3.63, 3.8) is 0 Å². The summed E-state index contributed by atoms with van der Waals surface area (Å²) in [4.78, 5) is 20.1. The maximum Gasteiger partial charge on any atom is 0.453 e. The minimum atomic E-state index is -4.68. The van der Waals surface area contributed by atoms with E-state index in [-0.39, 0.29) is 12.2 Å². The number of amides is 1. The average molecular weight is 476 g/mol. The van der Waals surface area contributed by atoms with Crippen molar-refractivity contribution in [3.8, 4) is 10.6 Å². The van der Waals surface area contributed by atoms with Crippen molar-refractivity contribution in [2.75, 3.05) is 5.32 Å². The molecule has 12 heteroatoms. The zero-order valence-corrected chi connectivity index (χ0v) is 19.0. The third-order valence-electron chi connectivity index (χ3n) is 5.14. The van der Waals surface area contributed by atoms with Crippen molar-refractivity contribution in [2.45, 2.75) is 46.2 Å². The summed E-state index contributed by atoms with van der Waals surface area (Å²) in [5, 5.41) is 15.3. The predicted octanol–water partition coefficient (Wildman–Crippen LogP) is 4.58. The number of nitrogens with one attached hydrogen (secondary N) is 1. The van der Waals surface area contributed by atoms with Crippen molar-refractivity contribution in [3.05, 3.63) is 52.6 Å². The number of anilines is 1. The van der Waals surface area contributed by atoms with Crippen LogP contribution in [0, 0.1) is 13.8 Å². The first-order valence-electron chi connectivity index (χ1n) is 10.1. The van der Waals surface area contributed by atoms with Crippen molar-refractivity contribution in [1.82, 2.24) is 29.8 Å². The van der Waals surface area contributed by atoms with Gasteiger partial charge in [-0.25, -0.2) is 9.50 Å². The zero-order valence-electron chi connectivity index (χ0n) is 18.2. The summed E-state index contributed by atoms with van der Waals surface area (Å²) in [5.41, 5.74) is 3.33. The van der Waals surface area contributed by atoms with E-state index in [9.17, 15) is 18.0 Å². The van der Waals surface area contributed by atoms with Crippen molar-refractivity contribution >= 4 is 28.2 Å². The smallest absolute Gasteiger partial charge is 0.300 e. The Morgan fingerprint density at radius 2 is 1.82 bits per heavy atom. The molecule has 0 aliphatic carbocycles. The minimum absolute atomic E-state index is 0.111. The monoisotopic (exact) mass is 475 g/mol. The molecule has 0 radical (unpaired) electrons. The molecule has 4 aromatic rings. The molecular weight excluding hydrogens is 455 g/mol. The number of halogens is 3. The third kappa shape index (κ3) is 4.70. The molecule has 0 fully saturated rings. The Kier molecular flexibility index (Phi) is 5.87. The Morgan fingerprint density at radius 1 is 1.12 bits per heavy atom. The van der Waals surface area contributed by atoms with Crippen LogP contribution in [-0.2, 0) is 17.4 Å². The number of benzene rings is 1. The summed E-state index contributed by atoms with van der Waals surface area (Å²) in [6.07, 6.45) is -4.80. The molecule has 0 unspecified atom stereocenters.